The quantitative estimate of drug-likeness (QED) is 0.877. The number of carbonyl (C=O) groups excluding carboxylic acids is 1. The fourth-order valence-corrected chi connectivity index (χ4v) is 2.65. The highest BCUT2D eigenvalue weighted by molar-refractivity contribution is 6.31. The molecule has 0 bridgehead atoms. The summed E-state index contributed by atoms with van der Waals surface area (Å²) in [5.74, 6) is 0.489. The molecule has 0 aromatic heterocycles. The van der Waals surface area contributed by atoms with Crippen molar-refractivity contribution in [3.05, 3.63) is 23.2 Å². The van der Waals surface area contributed by atoms with Gasteiger partial charge in [-0.1, -0.05) is 24.9 Å². The highest BCUT2D eigenvalue weighted by Gasteiger charge is 2.30. The molecule has 1 fully saturated rings. The summed E-state index contributed by atoms with van der Waals surface area (Å²) in [6.07, 6.45) is 3.67. The van der Waals surface area contributed by atoms with Crippen LogP contribution in [0.25, 0.3) is 0 Å². The molecule has 110 valence electrons. The van der Waals surface area contributed by atoms with E-state index in [9.17, 15) is 4.79 Å². The molecule has 0 saturated heterocycles. The van der Waals surface area contributed by atoms with Gasteiger partial charge in [0.1, 0.15) is 5.75 Å². The van der Waals surface area contributed by atoms with Gasteiger partial charge in [0.05, 0.1) is 18.2 Å². The number of anilines is 1. The molecule has 1 amide bonds. The molecule has 2 rings (SSSR count). The number of halogens is 1. The Morgan fingerprint density at radius 2 is 2.30 bits per heavy atom. The number of ether oxygens (including phenoxy) is 1. The molecule has 5 heteroatoms. The summed E-state index contributed by atoms with van der Waals surface area (Å²) in [5.41, 5.74) is 6.58. The molecule has 1 aromatic rings. The topological polar surface area (TPSA) is 64.3 Å². The number of hydrogen-bond donors (Lipinski definition) is 2. The van der Waals surface area contributed by atoms with E-state index < -0.39 is 0 Å². The van der Waals surface area contributed by atoms with E-state index in [0.717, 1.165) is 25.7 Å². The number of amides is 1. The van der Waals surface area contributed by atoms with Gasteiger partial charge >= 0.3 is 0 Å². The van der Waals surface area contributed by atoms with Gasteiger partial charge in [0.15, 0.2) is 0 Å². The summed E-state index contributed by atoms with van der Waals surface area (Å²) in [6, 6.07) is 5.20. The first-order valence-corrected chi connectivity index (χ1v) is 7.48. The van der Waals surface area contributed by atoms with Crippen molar-refractivity contribution in [2.24, 2.45) is 11.7 Å². The van der Waals surface area contributed by atoms with Gasteiger partial charge in [-0.3, -0.25) is 4.79 Å². The number of rotatable bonds is 5. The molecular formula is C15H21ClN2O2. The largest absolute Gasteiger partial charge is 0.491 e. The van der Waals surface area contributed by atoms with E-state index in [1.807, 2.05) is 6.92 Å². The molecule has 1 aliphatic carbocycles. The summed E-state index contributed by atoms with van der Waals surface area (Å²) < 4.78 is 5.63. The molecule has 2 unspecified atom stereocenters. The van der Waals surface area contributed by atoms with Crippen LogP contribution in [0.3, 0.4) is 0 Å². The Morgan fingerprint density at radius 1 is 1.50 bits per heavy atom. The van der Waals surface area contributed by atoms with E-state index in [0.29, 0.717) is 23.1 Å². The number of carbonyl (C=O) groups is 1. The van der Waals surface area contributed by atoms with Crippen LogP contribution in [0.2, 0.25) is 5.02 Å². The van der Waals surface area contributed by atoms with E-state index >= 15 is 0 Å². The third-order valence-corrected chi connectivity index (χ3v) is 3.80. The molecule has 4 nitrogen and oxygen atoms in total. The van der Waals surface area contributed by atoms with Crippen molar-refractivity contribution in [3.8, 4) is 5.75 Å². The van der Waals surface area contributed by atoms with E-state index in [4.69, 9.17) is 22.1 Å². The average molecular weight is 297 g/mol. The number of hydrogen-bond acceptors (Lipinski definition) is 3. The smallest absolute Gasteiger partial charge is 0.229 e. The lowest BCUT2D eigenvalue weighted by Gasteiger charge is -2.17. The molecule has 2 atom stereocenters. The van der Waals surface area contributed by atoms with E-state index in [2.05, 4.69) is 5.32 Å². The van der Waals surface area contributed by atoms with Crippen molar-refractivity contribution in [2.75, 3.05) is 11.9 Å². The van der Waals surface area contributed by atoms with E-state index in [1.54, 1.807) is 18.2 Å². The summed E-state index contributed by atoms with van der Waals surface area (Å²) in [4.78, 5) is 12.3. The third kappa shape index (κ3) is 3.64. The van der Waals surface area contributed by atoms with Gasteiger partial charge in [0.2, 0.25) is 5.91 Å². The zero-order valence-corrected chi connectivity index (χ0v) is 12.5. The molecule has 1 aliphatic rings. The maximum atomic E-state index is 12.3. The lowest BCUT2D eigenvalue weighted by molar-refractivity contribution is -0.120. The first-order valence-electron chi connectivity index (χ1n) is 7.10. The van der Waals surface area contributed by atoms with Gasteiger partial charge in [-0.15, -0.1) is 0 Å². The standard InChI is InChI=1S/C15H21ClN2O2/c1-2-8-20-14-7-6-10(16)9-13(14)18-15(19)11-4-3-5-12(11)17/h6-7,9,11-12H,2-5,8,17H2,1H3,(H,18,19). The Hall–Kier alpha value is -1.26. The first-order chi connectivity index (χ1) is 9.61. The molecule has 0 aliphatic heterocycles. The van der Waals surface area contributed by atoms with Crippen LogP contribution in [-0.4, -0.2) is 18.6 Å². The van der Waals surface area contributed by atoms with Crippen LogP contribution in [0.5, 0.6) is 5.75 Å². The van der Waals surface area contributed by atoms with Gasteiger partial charge in [0, 0.05) is 11.1 Å². The molecule has 20 heavy (non-hydrogen) atoms. The predicted molar refractivity (Wildman–Crippen MR) is 81.2 cm³/mol. The minimum Gasteiger partial charge on any atom is -0.491 e. The van der Waals surface area contributed by atoms with Crippen molar-refractivity contribution < 1.29 is 9.53 Å². The monoisotopic (exact) mass is 296 g/mol. The third-order valence-electron chi connectivity index (χ3n) is 3.57. The Bertz CT molecular complexity index is 479. The van der Waals surface area contributed by atoms with Crippen LogP contribution in [-0.2, 0) is 4.79 Å². The SMILES string of the molecule is CCCOc1ccc(Cl)cc1NC(=O)C1CCCC1N. The van der Waals surface area contributed by atoms with Crippen molar-refractivity contribution in [3.63, 3.8) is 0 Å². The molecular weight excluding hydrogens is 276 g/mol. The van der Waals surface area contributed by atoms with Gasteiger partial charge in [-0.05, 0) is 37.5 Å². The highest BCUT2D eigenvalue weighted by atomic mass is 35.5. The number of nitrogens with two attached hydrogens (primary N) is 1. The Morgan fingerprint density at radius 3 is 2.95 bits per heavy atom. The Labute approximate surface area is 124 Å². The molecule has 0 radical (unpaired) electrons. The predicted octanol–water partition coefficient (Wildman–Crippen LogP) is 3.19. The minimum absolute atomic E-state index is 0.0429. The molecule has 0 heterocycles. The summed E-state index contributed by atoms with van der Waals surface area (Å²) >= 11 is 5.99. The van der Waals surface area contributed by atoms with Crippen LogP contribution >= 0.6 is 11.6 Å². The average Bonchev–Trinajstić information content (AvgIpc) is 2.84. The van der Waals surface area contributed by atoms with Crippen molar-refractivity contribution >= 4 is 23.2 Å². The van der Waals surface area contributed by atoms with E-state index in [-0.39, 0.29) is 17.9 Å². The maximum absolute atomic E-state index is 12.3. The molecule has 0 spiro atoms. The van der Waals surface area contributed by atoms with Crippen LogP contribution < -0.4 is 15.8 Å². The maximum Gasteiger partial charge on any atom is 0.229 e. The van der Waals surface area contributed by atoms with Crippen molar-refractivity contribution in [1.82, 2.24) is 0 Å². The van der Waals surface area contributed by atoms with Gasteiger partial charge in [-0.2, -0.15) is 0 Å². The lowest BCUT2D eigenvalue weighted by Crippen LogP contribution is -2.34. The number of benzene rings is 1. The van der Waals surface area contributed by atoms with Crippen molar-refractivity contribution in [2.45, 2.75) is 38.6 Å². The summed E-state index contributed by atoms with van der Waals surface area (Å²) in [7, 11) is 0. The zero-order chi connectivity index (χ0) is 14.5. The second-order valence-corrected chi connectivity index (χ2v) is 5.62. The first kappa shape index (κ1) is 15.1. The normalized spacial score (nSPS) is 21.8. The van der Waals surface area contributed by atoms with Crippen LogP contribution in [0, 0.1) is 5.92 Å². The van der Waals surface area contributed by atoms with Crippen LogP contribution in [0.4, 0.5) is 5.69 Å². The zero-order valence-electron chi connectivity index (χ0n) is 11.7. The van der Waals surface area contributed by atoms with Crippen LogP contribution in [0.1, 0.15) is 32.6 Å². The molecule has 3 N–H and O–H groups in total. The second kappa shape index (κ2) is 6.95. The minimum atomic E-state index is -0.118. The van der Waals surface area contributed by atoms with E-state index in [1.165, 1.54) is 0 Å². The van der Waals surface area contributed by atoms with Gasteiger partial charge < -0.3 is 15.8 Å². The number of nitrogens with one attached hydrogen (secondary N) is 1. The molecule has 1 saturated carbocycles. The van der Waals surface area contributed by atoms with Gasteiger partial charge in [-0.25, -0.2) is 0 Å². The fraction of sp³-hybridized carbons (Fsp3) is 0.533. The van der Waals surface area contributed by atoms with Gasteiger partial charge in [0.25, 0.3) is 0 Å². The summed E-state index contributed by atoms with van der Waals surface area (Å²) in [6.45, 7) is 2.64. The molecule has 1 aromatic carbocycles. The Balaban J connectivity index is 2.10. The lowest BCUT2D eigenvalue weighted by atomic mass is 10.0. The highest BCUT2D eigenvalue weighted by Crippen LogP contribution is 2.31. The van der Waals surface area contributed by atoms with Crippen molar-refractivity contribution in [1.29, 1.82) is 0 Å². The Kier molecular flexibility index (Phi) is 5.26. The van der Waals surface area contributed by atoms with Crippen LogP contribution in [0.15, 0.2) is 18.2 Å². The second-order valence-electron chi connectivity index (χ2n) is 5.18. The summed E-state index contributed by atoms with van der Waals surface area (Å²) in [5, 5.41) is 3.47. The fourth-order valence-electron chi connectivity index (χ4n) is 2.48.